The standard InChI is InChI=1S/C29H32N2O2/c32-28(30-19-18-21-9-2-1-3-10-21)25-16-17-26(24-14-6-5-13-23(24)25)29(33)31-20-8-12-22-11-4-7-15-27(22)31/h1-3,5-6,9-10,13-14,16-17,22,27H,4,7-8,11-12,15,18-20H2,(H,30,32)/t22-,27-/m0/s1. The molecule has 1 aliphatic carbocycles. The zero-order chi connectivity index (χ0) is 22.6. The number of hydrogen-bond acceptors (Lipinski definition) is 2. The largest absolute Gasteiger partial charge is 0.352 e. The Labute approximate surface area is 196 Å². The fraction of sp³-hybridized carbons (Fsp3) is 0.379. The second kappa shape index (κ2) is 9.78. The van der Waals surface area contributed by atoms with Gasteiger partial charge >= 0.3 is 0 Å². The third-order valence-electron chi connectivity index (χ3n) is 7.45. The number of likely N-dealkylation sites (tertiary alicyclic amines) is 1. The van der Waals surface area contributed by atoms with Gasteiger partial charge in [-0.25, -0.2) is 0 Å². The Bertz CT molecular complexity index is 1140. The van der Waals surface area contributed by atoms with Crippen LogP contribution in [0.5, 0.6) is 0 Å². The fourth-order valence-electron chi connectivity index (χ4n) is 5.78. The predicted molar refractivity (Wildman–Crippen MR) is 132 cm³/mol. The zero-order valence-corrected chi connectivity index (χ0v) is 19.1. The van der Waals surface area contributed by atoms with E-state index in [0.29, 0.717) is 24.1 Å². The van der Waals surface area contributed by atoms with Gasteiger partial charge in [0.25, 0.3) is 11.8 Å². The molecule has 2 amide bonds. The van der Waals surface area contributed by atoms with Gasteiger partial charge in [0.2, 0.25) is 0 Å². The maximum absolute atomic E-state index is 13.7. The van der Waals surface area contributed by atoms with Crippen molar-refractivity contribution in [3.05, 3.63) is 83.4 Å². The van der Waals surface area contributed by atoms with Crippen LogP contribution in [0.1, 0.15) is 64.8 Å². The van der Waals surface area contributed by atoms with Crippen molar-refractivity contribution >= 4 is 22.6 Å². The number of carbonyl (C=O) groups excluding carboxylic acids is 2. The van der Waals surface area contributed by atoms with E-state index in [4.69, 9.17) is 0 Å². The Morgan fingerprint density at radius 2 is 1.45 bits per heavy atom. The van der Waals surface area contributed by atoms with Crippen molar-refractivity contribution in [2.45, 2.75) is 51.0 Å². The van der Waals surface area contributed by atoms with Crippen LogP contribution < -0.4 is 5.32 Å². The zero-order valence-electron chi connectivity index (χ0n) is 19.1. The van der Waals surface area contributed by atoms with Crippen LogP contribution in [-0.4, -0.2) is 35.8 Å². The van der Waals surface area contributed by atoms with Crippen LogP contribution in [0.2, 0.25) is 0 Å². The first kappa shape index (κ1) is 21.7. The molecule has 4 heteroatoms. The Morgan fingerprint density at radius 1 is 0.788 bits per heavy atom. The highest BCUT2D eigenvalue weighted by molar-refractivity contribution is 6.14. The van der Waals surface area contributed by atoms with Crippen molar-refractivity contribution in [2.75, 3.05) is 13.1 Å². The van der Waals surface area contributed by atoms with E-state index >= 15 is 0 Å². The Morgan fingerprint density at radius 3 is 2.27 bits per heavy atom. The van der Waals surface area contributed by atoms with E-state index in [0.717, 1.165) is 42.1 Å². The molecule has 170 valence electrons. The van der Waals surface area contributed by atoms with Crippen LogP contribution in [0.15, 0.2) is 66.7 Å². The van der Waals surface area contributed by atoms with Crippen molar-refractivity contribution in [1.82, 2.24) is 10.2 Å². The van der Waals surface area contributed by atoms with Crippen LogP contribution in [0.3, 0.4) is 0 Å². The van der Waals surface area contributed by atoms with Gasteiger partial charge < -0.3 is 10.2 Å². The first-order valence-electron chi connectivity index (χ1n) is 12.4. The lowest BCUT2D eigenvalue weighted by Crippen LogP contribution is -2.49. The van der Waals surface area contributed by atoms with Gasteiger partial charge in [-0.2, -0.15) is 0 Å². The highest BCUT2D eigenvalue weighted by Crippen LogP contribution is 2.36. The predicted octanol–water partition coefficient (Wildman–Crippen LogP) is 5.61. The molecule has 33 heavy (non-hydrogen) atoms. The Hall–Kier alpha value is -3.14. The summed E-state index contributed by atoms with van der Waals surface area (Å²) >= 11 is 0. The number of amides is 2. The summed E-state index contributed by atoms with van der Waals surface area (Å²) in [5.74, 6) is 0.683. The van der Waals surface area contributed by atoms with E-state index < -0.39 is 0 Å². The minimum absolute atomic E-state index is 0.0913. The molecule has 1 aliphatic heterocycles. The third-order valence-corrected chi connectivity index (χ3v) is 7.45. The minimum atomic E-state index is -0.0913. The van der Waals surface area contributed by atoms with Crippen LogP contribution >= 0.6 is 0 Å². The number of nitrogens with zero attached hydrogens (tertiary/aromatic N) is 1. The molecular weight excluding hydrogens is 408 g/mol. The first-order valence-corrected chi connectivity index (χ1v) is 12.4. The third kappa shape index (κ3) is 4.52. The molecule has 5 rings (SSSR count). The molecule has 0 radical (unpaired) electrons. The molecule has 1 heterocycles. The second-order valence-electron chi connectivity index (χ2n) is 9.45. The van der Waals surface area contributed by atoms with Gasteiger partial charge in [0.15, 0.2) is 0 Å². The number of carbonyl (C=O) groups is 2. The SMILES string of the molecule is O=C(NCCc1ccccc1)c1ccc(C(=O)N2CCC[C@@H]3CCCC[C@@H]32)c2ccccc12. The summed E-state index contributed by atoms with van der Waals surface area (Å²) in [4.78, 5) is 28.9. The van der Waals surface area contributed by atoms with E-state index in [-0.39, 0.29) is 11.8 Å². The van der Waals surface area contributed by atoms with Gasteiger partial charge in [0, 0.05) is 30.3 Å². The molecule has 1 saturated carbocycles. The summed E-state index contributed by atoms with van der Waals surface area (Å²) in [6.45, 7) is 1.42. The molecule has 2 aliphatic rings. The van der Waals surface area contributed by atoms with Crippen molar-refractivity contribution in [2.24, 2.45) is 5.92 Å². The highest BCUT2D eigenvalue weighted by Gasteiger charge is 2.36. The minimum Gasteiger partial charge on any atom is -0.352 e. The lowest BCUT2D eigenvalue weighted by molar-refractivity contribution is 0.0392. The number of benzene rings is 3. The van der Waals surface area contributed by atoms with Crippen molar-refractivity contribution in [3.8, 4) is 0 Å². The summed E-state index contributed by atoms with van der Waals surface area (Å²) in [6, 6.07) is 22.1. The summed E-state index contributed by atoms with van der Waals surface area (Å²) in [7, 11) is 0. The summed E-state index contributed by atoms with van der Waals surface area (Å²) in [5, 5.41) is 4.77. The molecule has 2 fully saturated rings. The molecule has 3 aromatic carbocycles. The molecule has 0 aromatic heterocycles. The first-order chi connectivity index (χ1) is 16.2. The van der Waals surface area contributed by atoms with Crippen molar-refractivity contribution in [3.63, 3.8) is 0 Å². The summed E-state index contributed by atoms with van der Waals surface area (Å²) in [5.41, 5.74) is 2.55. The average Bonchev–Trinajstić information content (AvgIpc) is 2.88. The summed E-state index contributed by atoms with van der Waals surface area (Å²) in [6.07, 6.45) is 8.00. The number of hydrogen-bond donors (Lipinski definition) is 1. The highest BCUT2D eigenvalue weighted by atomic mass is 16.2. The van der Waals surface area contributed by atoms with Crippen LogP contribution in [0, 0.1) is 5.92 Å². The second-order valence-corrected chi connectivity index (χ2v) is 9.45. The number of fused-ring (bicyclic) bond motifs is 2. The monoisotopic (exact) mass is 440 g/mol. The van der Waals surface area contributed by atoms with E-state index in [9.17, 15) is 9.59 Å². The molecule has 0 unspecified atom stereocenters. The molecule has 4 nitrogen and oxygen atoms in total. The lowest BCUT2D eigenvalue weighted by Gasteiger charge is -2.44. The molecule has 3 aromatic rings. The molecular formula is C29H32N2O2. The smallest absolute Gasteiger partial charge is 0.254 e. The number of piperidine rings is 1. The van der Waals surface area contributed by atoms with Crippen molar-refractivity contribution in [1.29, 1.82) is 0 Å². The lowest BCUT2D eigenvalue weighted by atomic mass is 9.78. The van der Waals surface area contributed by atoms with Crippen molar-refractivity contribution < 1.29 is 9.59 Å². The molecule has 0 spiro atoms. The quantitative estimate of drug-likeness (QED) is 0.561. The van der Waals surface area contributed by atoms with E-state index in [1.54, 1.807) is 0 Å². The Kier molecular flexibility index (Phi) is 6.43. The fourth-order valence-corrected chi connectivity index (χ4v) is 5.78. The van der Waals surface area contributed by atoms with Crippen LogP contribution in [-0.2, 0) is 6.42 Å². The topological polar surface area (TPSA) is 49.4 Å². The van der Waals surface area contributed by atoms with Crippen LogP contribution in [0.25, 0.3) is 10.8 Å². The average molecular weight is 441 g/mol. The number of rotatable bonds is 5. The van der Waals surface area contributed by atoms with E-state index in [1.165, 1.54) is 31.2 Å². The van der Waals surface area contributed by atoms with Gasteiger partial charge in [0.1, 0.15) is 0 Å². The maximum atomic E-state index is 13.7. The molecule has 0 bridgehead atoms. The molecule has 1 saturated heterocycles. The molecule has 2 atom stereocenters. The van der Waals surface area contributed by atoms with E-state index in [2.05, 4.69) is 22.3 Å². The molecule has 1 N–H and O–H groups in total. The normalized spacial score (nSPS) is 20.3. The number of nitrogens with one attached hydrogen (secondary N) is 1. The van der Waals surface area contributed by atoms with Crippen LogP contribution in [0.4, 0.5) is 0 Å². The van der Waals surface area contributed by atoms with Gasteiger partial charge in [-0.15, -0.1) is 0 Å². The van der Waals surface area contributed by atoms with Gasteiger partial charge in [-0.3, -0.25) is 9.59 Å². The van der Waals surface area contributed by atoms with Gasteiger partial charge in [0.05, 0.1) is 0 Å². The van der Waals surface area contributed by atoms with E-state index in [1.807, 2.05) is 54.6 Å². The van der Waals surface area contributed by atoms with Gasteiger partial charge in [-0.05, 0) is 66.5 Å². The summed E-state index contributed by atoms with van der Waals surface area (Å²) < 4.78 is 0. The maximum Gasteiger partial charge on any atom is 0.254 e. The Balaban J connectivity index is 1.37. The van der Waals surface area contributed by atoms with Gasteiger partial charge in [-0.1, -0.05) is 67.4 Å².